The number of fused-ring (bicyclic) bond motifs is 1. The van der Waals surface area contributed by atoms with Gasteiger partial charge in [-0.2, -0.15) is 0 Å². The SMILES string of the molecule is C=CC(=O)Nc1ccc2c(c1)CCC(CN1CCN(c3ccc(C(=O)O)cc3)CC1)=C2c1ccccc1. The summed E-state index contributed by atoms with van der Waals surface area (Å²) in [5.41, 5.74) is 8.64. The average molecular weight is 494 g/mol. The molecule has 6 nitrogen and oxygen atoms in total. The highest BCUT2D eigenvalue weighted by Gasteiger charge is 2.24. The molecule has 188 valence electrons. The van der Waals surface area contributed by atoms with Gasteiger partial charge in [0.05, 0.1) is 5.56 Å². The van der Waals surface area contributed by atoms with E-state index in [1.807, 2.05) is 24.3 Å². The van der Waals surface area contributed by atoms with Crippen LogP contribution in [-0.2, 0) is 11.2 Å². The Balaban J connectivity index is 1.35. The second kappa shape index (κ2) is 10.8. The predicted octanol–water partition coefficient (Wildman–Crippen LogP) is 5.08. The van der Waals surface area contributed by atoms with E-state index in [-0.39, 0.29) is 5.91 Å². The number of amides is 1. The number of rotatable bonds is 7. The van der Waals surface area contributed by atoms with E-state index in [1.54, 1.807) is 12.1 Å². The molecule has 1 heterocycles. The molecule has 0 saturated carbocycles. The molecule has 0 atom stereocenters. The summed E-state index contributed by atoms with van der Waals surface area (Å²) in [5, 5.41) is 12.0. The van der Waals surface area contributed by atoms with Crippen LogP contribution in [0, 0.1) is 0 Å². The zero-order chi connectivity index (χ0) is 25.8. The van der Waals surface area contributed by atoms with Gasteiger partial charge in [0.2, 0.25) is 5.91 Å². The third-order valence-corrected chi connectivity index (χ3v) is 7.21. The van der Waals surface area contributed by atoms with E-state index >= 15 is 0 Å². The zero-order valence-corrected chi connectivity index (χ0v) is 20.8. The molecule has 0 unspecified atom stereocenters. The third-order valence-electron chi connectivity index (χ3n) is 7.21. The van der Waals surface area contributed by atoms with Crippen molar-refractivity contribution in [1.82, 2.24) is 4.90 Å². The standard InChI is InChI=1S/C31H31N3O3/c1-2-29(35)32-26-12-15-28-24(20-26)8-9-25(30(28)22-6-4-3-5-7-22)21-33-16-18-34(19-17-33)27-13-10-23(11-14-27)31(36)37/h2-7,10-15,20H,1,8-9,16-19,21H2,(H,32,35)(H,36,37). The van der Waals surface area contributed by atoms with Crippen LogP contribution >= 0.6 is 0 Å². The lowest BCUT2D eigenvalue weighted by Gasteiger charge is -2.37. The number of nitrogens with one attached hydrogen (secondary N) is 1. The Bertz CT molecular complexity index is 1340. The van der Waals surface area contributed by atoms with Crippen molar-refractivity contribution in [2.24, 2.45) is 0 Å². The Morgan fingerprint density at radius 2 is 1.65 bits per heavy atom. The summed E-state index contributed by atoms with van der Waals surface area (Å²) in [7, 11) is 0. The Hall–Kier alpha value is -4.16. The van der Waals surface area contributed by atoms with E-state index in [0.717, 1.165) is 56.9 Å². The van der Waals surface area contributed by atoms with E-state index < -0.39 is 5.97 Å². The average Bonchev–Trinajstić information content (AvgIpc) is 2.94. The van der Waals surface area contributed by atoms with Gasteiger partial charge in [0, 0.05) is 44.1 Å². The number of aromatic carboxylic acids is 1. The van der Waals surface area contributed by atoms with Crippen molar-refractivity contribution in [2.75, 3.05) is 42.9 Å². The van der Waals surface area contributed by atoms with Crippen LogP contribution in [0.1, 0.15) is 33.5 Å². The van der Waals surface area contributed by atoms with Gasteiger partial charge in [0.15, 0.2) is 0 Å². The van der Waals surface area contributed by atoms with Crippen LogP contribution in [0.3, 0.4) is 0 Å². The fraction of sp³-hybridized carbons (Fsp3) is 0.226. The molecule has 1 aliphatic carbocycles. The first-order chi connectivity index (χ1) is 18.0. The van der Waals surface area contributed by atoms with E-state index in [2.05, 4.69) is 58.1 Å². The lowest BCUT2D eigenvalue weighted by atomic mass is 9.81. The summed E-state index contributed by atoms with van der Waals surface area (Å²) < 4.78 is 0. The van der Waals surface area contributed by atoms with Gasteiger partial charge in [-0.1, -0.05) is 43.0 Å². The molecule has 1 amide bonds. The number of carbonyl (C=O) groups is 2. The molecule has 0 radical (unpaired) electrons. The van der Waals surface area contributed by atoms with E-state index in [4.69, 9.17) is 5.11 Å². The molecule has 3 aromatic carbocycles. The molecule has 0 spiro atoms. The third kappa shape index (κ3) is 5.49. The minimum absolute atomic E-state index is 0.202. The minimum Gasteiger partial charge on any atom is -0.478 e. The molecule has 1 fully saturated rings. The Kier molecular flexibility index (Phi) is 7.19. The molecule has 37 heavy (non-hydrogen) atoms. The molecular formula is C31H31N3O3. The van der Waals surface area contributed by atoms with Crippen LogP contribution in [0.25, 0.3) is 5.57 Å². The number of anilines is 2. The summed E-state index contributed by atoms with van der Waals surface area (Å²) in [4.78, 5) is 27.8. The van der Waals surface area contributed by atoms with Crippen LogP contribution in [0.15, 0.2) is 91.0 Å². The normalized spacial score (nSPS) is 15.7. The fourth-order valence-corrected chi connectivity index (χ4v) is 5.29. The fourth-order valence-electron chi connectivity index (χ4n) is 5.29. The molecule has 0 aromatic heterocycles. The molecule has 2 aliphatic rings. The van der Waals surface area contributed by atoms with Crippen LogP contribution in [0.4, 0.5) is 11.4 Å². The second-order valence-corrected chi connectivity index (χ2v) is 9.53. The molecular weight excluding hydrogens is 462 g/mol. The Morgan fingerprint density at radius 1 is 0.919 bits per heavy atom. The van der Waals surface area contributed by atoms with Gasteiger partial charge < -0.3 is 15.3 Å². The number of carboxylic acids is 1. The summed E-state index contributed by atoms with van der Waals surface area (Å²) >= 11 is 0. The van der Waals surface area contributed by atoms with Gasteiger partial charge >= 0.3 is 5.97 Å². The molecule has 5 rings (SSSR count). The van der Waals surface area contributed by atoms with Crippen molar-refractivity contribution in [3.8, 4) is 0 Å². The van der Waals surface area contributed by atoms with Crippen LogP contribution in [0.5, 0.6) is 0 Å². The van der Waals surface area contributed by atoms with Crippen molar-refractivity contribution < 1.29 is 14.7 Å². The number of piperazine rings is 1. The quantitative estimate of drug-likeness (QED) is 0.449. The van der Waals surface area contributed by atoms with Gasteiger partial charge in [-0.25, -0.2) is 4.79 Å². The van der Waals surface area contributed by atoms with Crippen molar-refractivity contribution >= 4 is 28.8 Å². The number of aryl methyl sites for hydroxylation is 1. The lowest BCUT2D eigenvalue weighted by Crippen LogP contribution is -2.47. The first-order valence-corrected chi connectivity index (χ1v) is 12.7. The lowest BCUT2D eigenvalue weighted by molar-refractivity contribution is -0.111. The van der Waals surface area contributed by atoms with Crippen LogP contribution in [0.2, 0.25) is 0 Å². The molecule has 1 saturated heterocycles. The van der Waals surface area contributed by atoms with Gasteiger partial charge in [0.1, 0.15) is 0 Å². The number of carbonyl (C=O) groups excluding carboxylic acids is 1. The molecule has 1 aliphatic heterocycles. The van der Waals surface area contributed by atoms with Crippen molar-refractivity contribution in [2.45, 2.75) is 12.8 Å². The van der Waals surface area contributed by atoms with Crippen molar-refractivity contribution in [3.05, 3.63) is 113 Å². The highest BCUT2D eigenvalue weighted by molar-refractivity contribution is 5.99. The summed E-state index contributed by atoms with van der Waals surface area (Å²) in [6.45, 7) is 8.18. The maximum Gasteiger partial charge on any atom is 0.335 e. The number of hydrogen-bond donors (Lipinski definition) is 2. The first-order valence-electron chi connectivity index (χ1n) is 12.7. The maximum absolute atomic E-state index is 11.8. The largest absolute Gasteiger partial charge is 0.478 e. The molecule has 6 heteroatoms. The van der Waals surface area contributed by atoms with Crippen LogP contribution in [-0.4, -0.2) is 54.6 Å². The number of hydrogen-bond acceptors (Lipinski definition) is 4. The van der Waals surface area contributed by atoms with Crippen molar-refractivity contribution in [1.29, 1.82) is 0 Å². The first kappa shape index (κ1) is 24.5. The number of benzene rings is 3. The second-order valence-electron chi connectivity index (χ2n) is 9.53. The van der Waals surface area contributed by atoms with E-state index in [0.29, 0.717) is 5.56 Å². The Morgan fingerprint density at radius 3 is 2.32 bits per heavy atom. The highest BCUT2D eigenvalue weighted by atomic mass is 16.4. The van der Waals surface area contributed by atoms with Crippen molar-refractivity contribution in [3.63, 3.8) is 0 Å². The number of nitrogens with zero attached hydrogens (tertiary/aromatic N) is 2. The molecule has 3 aromatic rings. The summed E-state index contributed by atoms with van der Waals surface area (Å²) in [5.74, 6) is -1.10. The summed E-state index contributed by atoms with van der Waals surface area (Å²) in [6, 6.07) is 23.9. The van der Waals surface area contributed by atoms with Gasteiger partial charge in [0.25, 0.3) is 0 Å². The zero-order valence-electron chi connectivity index (χ0n) is 20.8. The maximum atomic E-state index is 11.8. The van der Waals surface area contributed by atoms with Gasteiger partial charge in [-0.3, -0.25) is 9.69 Å². The Labute approximate surface area is 217 Å². The molecule has 0 bridgehead atoms. The van der Waals surface area contributed by atoms with E-state index in [1.165, 1.54) is 33.9 Å². The molecule has 2 N–H and O–H groups in total. The van der Waals surface area contributed by atoms with E-state index in [9.17, 15) is 9.59 Å². The smallest absolute Gasteiger partial charge is 0.335 e. The van der Waals surface area contributed by atoms with Gasteiger partial charge in [-0.15, -0.1) is 0 Å². The predicted molar refractivity (Wildman–Crippen MR) is 148 cm³/mol. The van der Waals surface area contributed by atoms with Crippen LogP contribution < -0.4 is 10.2 Å². The monoisotopic (exact) mass is 493 g/mol. The minimum atomic E-state index is -0.898. The highest BCUT2D eigenvalue weighted by Crippen LogP contribution is 2.37. The number of carboxylic acid groups (broad SMARTS) is 1. The topological polar surface area (TPSA) is 72.9 Å². The summed E-state index contributed by atoms with van der Waals surface area (Å²) in [6.07, 6.45) is 3.21. The van der Waals surface area contributed by atoms with Gasteiger partial charge in [-0.05, 0) is 83.2 Å².